The molecule has 2 aromatic heterocycles. The minimum absolute atomic E-state index is 0.0148. The van der Waals surface area contributed by atoms with Crippen molar-refractivity contribution in [3.63, 3.8) is 0 Å². The number of esters is 1. The maximum absolute atomic E-state index is 13.4. The second kappa shape index (κ2) is 10.5. The highest BCUT2D eigenvalue weighted by Gasteiger charge is 2.43. The Balaban J connectivity index is 1.78. The fourth-order valence-corrected chi connectivity index (χ4v) is 4.81. The molecule has 1 aliphatic rings. The second-order valence-electron chi connectivity index (χ2n) is 9.20. The number of fused-ring (bicyclic) bond motifs is 1. The van der Waals surface area contributed by atoms with Crippen LogP contribution in [0.15, 0.2) is 36.8 Å². The predicted molar refractivity (Wildman–Crippen MR) is 137 cm³/mol. The number of amides is 1. The molecular formula is C26H34N6O4. The van der Waals surface area contributed by atoms with E-state index in [2.05, 4.69) is 9.97 Å². The number of carbonyl (C=O) groups is 2. The molecule has 192 valence electrons. The summed E-state index contributed by atoms with van der Waals surface area (Å²) in [7, 11) is 1.61. The fraction of sp³-hybridized carbons (Fsp3) is 0.462. The zero-order valence-corrected chi connectivity index (χ0v) is 21.2. The highest BCUT2D eigenvalue weighted by atomic mass is 16.5. The lowest BCUT2D eigenvalue weighted by molar-refractivity contribution is -0.153. The molecule has 36 heavy (non-hydrogen) atoms. The van der Waals surface area contributed by atoms with Crippen molar-refractivity contribution in [3.8, 4) is 16.9 Å². The number of nitrogens with two attached hydrogens (primary N) is 2. The van der Waals surface area contributed by atoms with Gasteiger partial charge in [-0.2, -0.15) is 0 Å². The van der Waals surface area contributed by atoms with Crippen molar-refractivity contribution in [2.45, 2.75) is 51.7 Å². The minimum atomic E-state index is -0.727. The number of likely N-dealkylation sites (tertiary alicyclic amines) is 1. The van der Waals surface area contributed by atoms with Gasteiger partial charge in [-0.25, -0.2) is 14.8 Å². The van der Waals surface area contributed by atoms with E-state index in [4.69, 9.17) is 20.9 Å². The van der Waals surface area contributed by atoms with E-state index in [0.29, 0.717) is 35.6 Å². The van der Waals surface area contributed by atoms with Crippen LogP contribution in [0.5, 0.6) is 5.75 Å². The topological polar surface area (TPSA) is 139 Å². The van der Waals surface area contributed by atoms with E-state index in [1.165, 1.54) is 6.33 Å². The standard InChI is InChI=1S/C26H34N6O4/c1-5-15(3)22(27)25(33)32-12-17(11-20(32)26(34)36-6-2)31-13-19(16-8-7-9-18(10-16)35-4)21-23(28)29-14-30-24(21)31/h7-10,13-15,17,20,22H,5-6,11-12,27H2,1-4H3,(H2,28,29,30). The Morgan fingerprint density at radius 1 is 1.25 bits per heavy atom. The summed E-state index contributed by atoms with van der Waals surface area (Å²) in [5, 5.41) is 0.708. The Kier molecular flexibility index (Phi) is 7.44. The van der Waals surface area contributed by atoms with Crippen LogP contribution in [0.4, 0.5) is 5.82 Å². The third-order valence-electron chi connectivity index (χ3n) is 7.08. The van der Waals surface area contributed by atoms with Gasteiger partial charge in [0.25, 0.3) is 0 Å². The summed E-state index contributed by atoms with van der Waals surface area (Å²) in [5.74, 6) is 0.372. The zero-order chi connectivity index (χ0) is 26.0. The minimum Gasteiger partial charge on any atom is -0.497 e. The van der Waals surface area contributed by atoms with Gasteiger partial charge in [0, 0.05) is 24.7 Å². The number of rotatable bonds is 8. The van der Waals surface area contributed by atoms with Crippen LogP contribution >= 0.6 is 0 Å². The van der Waals surface area contributed by atoms with Crippen molar-refractivity contribution in [1.82, 2.24) is 19.4 Å². The molecule has 10 nitrogen and oxygen atoms in total. The van der Waals surface area contributed by atoms with E-state index in [1.54, 1.807) is 18.9 Å². The average Bonchev–Trinajstić information content (AvgIpc) is 3.50. The van der Waals surface area contributed by atoms with Crippen molar-refractivity contribution < 1.29 is 19.1 Å². The molecule has 3 aromatic rings. The number of aromatic nitrogens is 3. The van der Waals surface area contributed by atoms with Crippen molar-refractivity contribution in [1.29, 1.82) is 0 Å². The first kappa shape index (κ1) is 25.4. The van der Waals surface area contributed by atoms with Gasteiger partial charge in [-0.3, -0.25) is 4.79 Å². The van der Waals surface area contributed by atoms with Crippen LogP contribution in [0.25, 0.3) is 22.2 Å². The van der Waals surface area contributed by atoms with Gasteiger partial charge in [-0.05, 0) is 30.5 Å². The number of hydrogen-bond acceptors (Lipinski definition) is 8. The second-order valence-corrected chi connectivity index (χ2v) is 9.20. The molecule has 1 aliphatic heterocycles. The van der Waals surface area contributed by atoms with E-state index >= 15 is 0 Å². The number of nitrogen functional groups attached to an aromatic ring is 1. The largest absolute Gasteiger partial charge is 0.497 e. The van der Waals surface area contributed by atoms with Gasteiger partial charge in [-0.1, -0.05) is 32.4 Å². The van der Waals surface area contributed by atoms with Crippen molar-refractivity contribution in [2.24, 2.45) is 11.7 Å². The van der Waals surface area contributed by atoms with E-state index in [9.17, 15) is 9.59 Å². The molecule has 0 aliphatic carbocycles. The lowest BCUT2D eigenvalue weighted by Crippen LogP contribution is -2.51. The quantitative estimate of drug-likeness (QED) is 0.456. The van der Waals surface area contributed by atoms with Gasteiger partial charge < -0.3 is 30.4 Å². The number of hydrogen-bond donors (Lipinski definition) is 2. The average molecular weight is 495 g/mol. The van der Waals surface area contributed by atoms with E-state index in [-0.39, 0.29) is 24.5 Å². The highest BCUT2D eigenvalue weighted by Crippen LogP contribution is 2.38. The molecule has 1 aromatic carbocycles. The first-order chi connectivity index (χ1) is 17.3. The number of nitrogens with zero attached hydrogens (tertiary/aromatic N) is 4. The number of methoxy groups -OCH3 is 1. The molecule has 4 rings (SSSR count). The summed E-state index contributed by atoms with van der Waals surface area (Å²) in [6.07, 6.45) is 4.52. The molecular weight excluding hydrogens is 460 g/mol. The van der Waals surface area contributed by atoms with Gasteiger partial charge in [0.05, 0.1) is 31.2 Å². The maximum atomic E-state index is 13.4. The SMILES string of the molecule is CCOC(=O)C1CC(n2cc(-c3cccc(OC)c3)c3c(N)ncnc32)CN1C(=O)C(N)C(C)CC. The van der Waals surface area contributed by atoms with E-state index in [1.807, 2.05) is 48.9 Å². The van der Waals surface area contributed by atoms with Gasteiger partial charge >= 0.3 is 5.97 Å². The Hall–Kier alpha value is -3.66. The van der Waals surface area contributed by atoms with Crippen LogP contribution < -0.4 is 16.2 Å². The molecule has 3 heterocycles. The molecule has 4 atom stereocenters. The fourth-order valence-electron chi connectivity index (χ4n) is 4.81. The molecule has 1 saturated heterocycles. The zero-order valence-electron chi connectivity index (χ0n) is 21.2. The van der Waals surface area contributed by atoms with Crippen molar-refractivity contribution in [2.75, 3.05) is 26.0 Å². The molecule has 4 N–H and O–H groups in total. The van der Waals surface area contributed by atoms with Crippen LogP contribution in [0.1, 0.15) is 39.7 Å². The summed E-state index contributed by atoms with van der Waals surface area (Å²) in [5.41, 5.74) is 15.0. The van der Waals surface area contributed by atoms with Crippen LogP contribution in [0, 0.1) is 5.92 Å². The number of benzene rings is 1. The van der Waals surface area contributed by atoms with Gasteiger partial charge in [0.15, 0.2) is 0 Å². The molecule has 0 spiro atoms. The summed E-state index contributed by atoms with van der Waals surface area (Å²) >= 11 is 0. The molecule has 4 unspecified atom stereocenters. The Bertz CT molecular complexity index is 1260. The Morgan fingerprint density at radius 3 is 2.72 bits per heavy atom. The third kappa shape index (κ3) is 4.60. The van der Waals surface area contributed by atoms with Crippen LogP contribution in [-0.4, -0.2) is 63.7 Å². The lowest BCUT2D eigenvalue weighted by Gasteiger charge is -2.28. The van der Waals surface area contributed by atoms with Crippen molar-refractivity contribution >= 4 is 28.7 Å². The monoisotopic (exact) mass is 494 g/mol. The predicted octanol–water partition coefficient (Wildman–Crippen LogP) is 2.77. The molecule has 0 bridgehead atoms. The lowest BCUT2D eigenvalue weighted by atomic mass is 9.98. The van der Waals surface area contributed by atoms with Crippen LogP contribution in [-0.2, 0) is 14.3 Å². The third-order valence-corrected chi connectivity index (χ3v) is 7.08. The van der Waals surface area contributed by atoms with Gasteiger partial charge in [0.1, 0.15) is 29.6 Å². The number of ether oxygens (including phenoxy) is 2. The number of carbonyl (C=O) groups excluding carboxylic acids is 2. The first-order valence-corrected chi connectivity index (χ1v) is 12.3. The molecule has 1 fully saturated rings. The first-order valence-electron chi connectivity index (χ1n) is 12.3. The van der Waals surface area contributed by atoms with Crippen LogP contribution in [0.2, 0.25) is 0 Å². The normalized spacial score (nSPS) is 19.3. The molecule has 10 heteroatoms. The van der Waals surface area contributed by atoms with Crippen LogP contribution in [0.3, 0.4) is 0 Å². The van der Waals surface area contributed by atoms with E-state index in [0.717, 1.165) is 17.5 Å². The molecule has 0 saturated carbocycles. The summed E-state index contributed by atoms with van der Waals surface area (Å²) in [6.45, 7) is 6.22. The van der Waals surface area contributed by atoms with Gasteiger partial charge in [-0.15, -0.1) is 0 Å². The smallest absolute Gasteiger partial charge is 0.328 e. The highest BCUT2D eigenvalue weighted by molar-refractivity contribution is 6.01. The van der Waals surface area contributed by atoms with E-state index < -0.39 is 18.1 Å². The number of anilines is 1. The summed E-state index contributed by atoms with van der Waals surface area (Å²) < 4.78 is 12.7. The Labute approximate surface area is 210 Å². The van der Waals surface area contributed by atoms with Gasteiger partial charge in [0.2, 0.25) is 5.91 Å². The summed E-state index contributed by atoms with van der Waals surface area (Å²) in [4.78, 5) is 36.6. The Morgan fingerprint density at radius 2 is 2.03 bits per heavy atom. The molecule has 1 amide bonds. The molecule has 0 radical (unpaired) electrons. The van der Waals surface area contributed by atoms with Crippen molar-refractivity contribution in [3.05, 3.63) is 36.8 Å². The summed E-state index contributed by atoms with van der Waals surface area (Å²) in [6, 6.07) is 6.00. The maximum Gasteiger partial charge on any atom is 0.328 e.